The van der Waals surface area contributed by atoms with Crippen LogP contribution in [0.1, 0.15) is 27.7 Å². The van der Waals surface area contributed by atoms with Gasteiger partial charge in [-0.15, -0.1) is 0 Å². The van der Waals surface area contributed by atoms with Crippen LogP contribution in [0.15, 0.2) is 24.3 Å². The molecule has 0 saturated carbocycles. The van der Waals surface area contributed by atoms with Crippen LogP contribution in [0, 0.1) is 5.82 Å². The van der Waals surface area contributed by atoms with Crippen LogP contribution in [-0.4, -0.2) is 42.3 Å². The third-order valence-corrected chi connectivity index (χ3v) is 3.38. The first kappa shape index (κ1) is 15.3. The molecule has 1 aliphatic heterocycles. The average molecular weight is 280 g/mol. The van der Waals surface area contributed by atoms with E-state index in [1.54, 1.807) is 12.1 Å². The van der Waals surface area contributed by atoms with Gasteiger partial charge in [0, 0.05) is 26.2 Å². The Hall–Kier alpha value is -1.13. The fraction of sp³-hybridized carbons (Fsp3) is 0.625. The van der Waals surface area contributed by atoms with Gasteiger partial charge >= 0.3 is 0 Å². The summed E-state index contributed by atoms with van der Waals surface area (Å²) in [6, 6.07) is 6.78. The summed E-state index contributed by atoms with van der Waals surface area (Å²) in [4.78, 5) is 2.37. The van der Waals surface area contributed by atoms with Crippen molar-refractivity contribution in [3.05, 3.63) is 30.1 Å². The van der Waals surface area contributed by atoms with Gasteiger partial charge in [-0.3, -0.25) is 4.90 Å². The van der Waals surface area contributed by atoms with Crippen LogP contribution in [0.2, 0.25) is 0 Å². The highest BCUT2D eigenvalue weighted by Crippen LogP contribution is 2.27. The zero-order chi connectivity index (χ0) is 14.8. The predicted octanol–water partition coefficient (Wildman–Crippen LogP) is 3.13. The summed E-state index contributed by atoms with van der Waals surface area (Å²) in [5.74, 6) is -0.199. The number of nitrogens with zero attached hydrogens (tertiary/aromatic N) is 1. The average Bonchev–Trinajstić information content (AvgIpc) is 2.27. The van der Waals surface area contributed by atoms with E-state index in [0.29, 0.717) is 5.69 Å². The number of morpholine rings is 1. The molecule has 0 unspecified atom stereocenters. The predicted molar refractivity (Wildman–Crippen MR) is 80.6 cm³/mol. The van der Waals surface area contributed by atoms with E-state index in [1.165, 1.54) is 6.07 Å². The van der Waals surface area contributed by atoms with Crippen LogP contribution in [0.3, 0.4) is 0 Å². The molecule has 0 spiro atoms. The zero-order valence-electron chi connectivity index (χ0n) is 12.9. The molecule has 0 radical (unpaired) electrons. The Labute approximate surface area is 121 Å². The van der Waals surface area contributed by atoms with E-state index in [2.05, 4.69) is 37.9 Å². The van der Waals surface area contributed by atoms with E-state index in [9.17, 15) is 4.39 Å². The van der Waals surface area contributed by atoms with E-state index in [1.807, 2.05) is 6.07 Å². The maximum Gasteiger partial charge on any atom is 0.146 e. The Kier molecular flexibility index (Phi) is 4.35. The number of ether oxygens (including phenoxy) is 1. The smallest absolute Gasteiger partial charge is 0.146 e. The molecular weight excluding hydrogens is 255 g/mol. The normalized spacial score (nSPS) is 21.6. The number of rotatable bonds is 4. The summed E-state index contributed by atoms with van der Waals surface area (Å²) < 4.78 is 19.6. The van der Waals surface area contributed by atoms with Gasteiger partial charge < -0.3 is 10.1 Å². The molecule has 1 aliphatic rings. The molecule has 0 bridgehead atoms. The fourth-order valence-corrected chi connectivity index (χ4v) is 3.06. The summed E-state index contributed by atoms with van der Waals surface area (Å²) in [7, 11) is 0. The Balaban J connectivity index is 1.86. The van der Waals surface area contributed by atoms with Crippen molar-refractivity contribution in [2.45, 2.75) is 38.9 Å². The second-order valence-corrected chi connectivity index (χ2v) is 6.74. The second kappa shape index (κ2) is 5.70. The van der Waals surface area contributed by atoms with Gasteiger partial charge in [-0.2, -0.15) is 0 Å². The van der Waals surface area contributed by atoms with Gasteiger partial charge in [0.05, 0.1) is 16.9 Å². The fourth-order valence-electron chi connectivity index (χ4n) is 3.06. The quantitative estimate of drug-likeness (QED) is 0.917. The van der Waals surface area contributed by atoms with Gasteiger partial charge in [-0.1, -0.05) is 12.1 Å². The molecule has 1 heterocycles. The summed E-state index contributed by atoms with van der Waals surface area (Å²) in [6.07, 6.45) is 0. The molecule has 0 aromatic heterocycles. The Morgan fingerprint density at radius 3 is 2.35 bits per heavy atom. The van der Waals surface area contributed by atoms with Crippen LogP contribution in [-0.2, 0) is 4.74 Å². The highest BCUT2D eigenvalue weighted by Gasteiger charge is 2.37. The topological polar surface area (TPSA) is 24.5 Å². The van der Waals surface area contributed by atoms with Crippen molar-refractivity contribution in [1.29, 1.82) is 0 Å². The molecule has 1 aromatic rings. The Morgan fingerprint density at radius 1 is 1.15 bits per heavy atom. The SMILES string of the molecule is CC1(C)CN(CCNc2ccccc2F)CC(C)(C)O1. The third-order valence-electron chi connectivity index (χ3n) is 3.38. The Morgan fingerprint density at radius 2 is 1.75 bits per heavy atom. The van der Waals surface area contributed by atoms with Gasteiger partial charge in [0.25, 0.3) is 0 Å². The molecule has 20 heavy (non-hydrogen) atoms. The number of benzene rings is 1. The molecular formula is C16H25FN2O. The van der Waals surface area contributed by atoms with Crippen LogP contribution < -0.4 is 5.32 Å². The second-order valence-electron chi connectivity index (χ2n) is 6.74. The van der Waals surface area contributed by atoms with Crippen LogP contribution >= 0.6 is 0 Å². The lowest BCUT2D eigenvalue weighted by Crippen LogP contribution is -2.57. The first-order valence-corrected chi connectivity index (χ1v) is 7.18. The first-order chi connectivity index (χ1) is 9.27. The van der Waals surface area contributed by atoms with E-state index in [4.69, 9.17) is 4.74 Å². The third kappa shape index (κ3) is 4.18. The maximum atomic E-state index is 13.5. The standard InChI is InChI=1S/C16H25FN2O/c1-15(2)11-19(12-16(3,4)20-15)10-9-18-14-8-6-5-7-13(14)17/h5-8,18H,9-12H2,1-4H3. The summed E-state index contributed by atoms with van der Waals surface area (Å²) in [6.45, 7) is 11.9. The summed E-state index contributed by atoms with van der Waals surface area (Å²) in [5, 5.41) is 3.16. The van der Waals surface area contributed by atoms with Crippen molar-refractivity contribution in [3.63, 3.8) is 0 Å². The number of para-hydroxylation sites is 1. The van der Waals surface area contributed by atoms with Crippen molar-refractivity contribution < 1.29 is 9.13 Å². The van der Waals surface area contributed by atoms with Gasteiger partial charge in [0.15, 0.2) is 0 Å². The molecule has 1 N–H and O–H groups in total. The molecule has 0 amide bonds. The number of hydrogen-bond acceptors (Lipinski definition) is 3. The number of hydrogen-bond donors (Lipinski definition) is 1. The van der Waals surface area contributed by atoms with E-state index in [-0.39, 0.29) is 17.0 Å². The van der Waals surface area contributed by atoms with E-state index >= 15 is 0 Å². The molecule has 0 atom stereocenters. The van der Waals surface area contributed by atoms with E-state index < -0.39 is 0 Å². The molecule has 0 aliphatic carbocycles. The van der Waals surface area contributed by atoms with Crippen LogP contribution in [0.25, 0.3) is 0 Å². The Bertz CT molecular complexity index is 444. The molecule has 1 fully saturated rings. The molecule has 2 rings (SSSR count). The maximum absolute atomic E-state index is 13.5. The number of anilines is 1. The largest absolute Gasteiger partial charge is 0.381 e. The summed E-state index contributed by atoms with van der Waals surface area (Å²) >= 11 is 0. The minimum Gasteiger partial charge on any atom is -0.381 e. The van der Waals surface area contributed by atoms with Crippen molar-refractivity contribution in [2.75, 3.05) is 31.5 Å². The van der Waals surface area contributed by atoms with Crippen molar-refractivity contribution in [2.24, 2.45) is 0 Å². The van der Waals surface area contributed by atoms with Crippen molar-refractivity contribution in [1.82, 2.24) is 4.90 Å². The number of nitrogens with one attached hydrogen (secondary N) is 1. The van der Waals surface area contributed by atoms with Crippen LogP contribution in [0.4, 0.5) is 10.1 Å². The highest BCUT2D eigenvalue weighted by atomic mass is 19.1. The zero-order valence-corrected chi connectivity index (χ0v) is 12.9. The highest BCUT2D eigenvalue weighted by molar-refractivity contribution is 5.44. The molecule has 1 saturated heterocycles. The lowest BCUT2D eigenvalue weighted by molar-refractivity contribution is -0.179. The van der Waals surface area contributed by atoms with E-state index in [0.717, 1.165) is 26.2 Å². The molecule has 112 valence electrons. The van der Waals surface area contributed by atoms with Crippen molar-refractivity contribution >= 4 is 5.69 Å². The molecule has 4 heteroatoms. The minimum absolute atomic E-state index is 0.139. The lowest BCUT2D eigenvalue weighted by atomic mass is 9.99. The molecule has 1 aromatic carbocycles. The van der Waals surface area contributed by atoms with Crippen molar-refractivity contribution in [3.8, 4) is 0 Å². The lowest BCUT2D eigenvalue weighted by Gasteiger charge is -2.47. The van der Waals surface area contributed by atoms with Gasteiger partial charge in [-0.05, 0) is 39.8 Å². The summed E-state index contributed by atoms with van der Waals surface area (Å²) in [5.41, 5.74) is 0.290. The van der Waals surface area contributed by atoms with Crippen LogP contribution in [0.5, 0.6) is 0 Å². The molecule has 3 nitrogen and oxygen atoms in total. The van der Waals surface area contributed by atoms with Gasteiger partial charge in [0.2, 0.25) is 0 Å². The number of halogens is 1. The monoisotopic (exact) mass is 280 g/mol. The minimum atomic E-state index is -0.199. The van der Waals surface area contributed by atoms with Gasteiger partial charge in [0.1, 0.15) is 5.82 Å². The first-order valence-electron chi connectivity index (χ1n) is 7.18. The van der Waals surface area contributed by atoms with Gasteiger partial charge in [-0.25, -0.2) is 4.39 Å².